The van der Waals surface area contributed by atoms with Gasteiger partial charge in [-0.1, -0.05) is 12.1 Å². The van der Waals surface area contributed by atoms with Gasteiger partial charge in [-0.25, -0.2) is 38.7 Å². The number of halogens is 2. The molecule has 1 atom stereocenters. The highest BCUT2D eigenvalue weighted by Gasteiger charge is 2.33. The first-order chi connectivity index (χ1) is 19.0. The third-order valence-electron chi connectivity index (χ3n) is 6.96. The number of rotatable bonds is 6. The minimum absolute atomic E-state index is 0.0910. The summed E-state index contributed by atoms with van der Waals surface area (Å²) in [6, 6.07) is 7.35. The summed E-state index contributed by atoms with van der Waals surface area (Å²) in [5, 5.41) is 6.84. The highest BCUT2D eigenvalue weighted by Crippen LogP contribution is 2.32. The maximum atomic E-state index is 14.2. The van der Waals surface area contributed by atoms with Crippen LogP contribution in [0.2, 0.25) is 0 Å². The lowest BCUT2D eigenvalue weighted by molar-refractivity contribution is -0.0805. The van der Waals surface area contributed by atoms with Gasteiger partial charge in [0.05, 0.1) is 42.3 Å². The summed E-state index contributed by atoms with van der Waals surface area (Å²) in [6.07, 6.45) is 3.05. The summed E-state index contributed by atoms with van der Waals surface area (Å²) in [5.74, 6) is -0.133. The number of nitrogens with one attached hydrogen (secondary N) is 1. The Morgan fingerprint density at radius 2 is 1.79 bits per heavy atom. The van der Waals surface area contributed by atoms with Crippen LogP contribution in [0.15, 0.2) is 46.6 Å². The Kier molecular flexibility index (Phi) is 7.30. The van der Waals surface area contributed by atoms with E-state index in [1.54, 1.807) is 48.0 Å². The maximum absolute atomic E-state index is 14.2. The van der Waals surface area contributed by atoms with Crippen molar-refractivity contribution in [3.05, 3.63) is 42.5 Å². The van der Waals surface area contributed by atoms with Gasteiger partial charge in [-0.05, 0) is 32.0 Å². The normalized spacial score (nSPS) is 21.5. The minimum Gasteiger partial charge on any atom is -0.460 e. The lowest BCUT2D eigenvalue weighted by Gasteiger charge is -2.41. The van der Waals surface area contributed by atoms with Crippen molar-refractivity contribution in [2.45, 2.75) is 31.7 Å². The molecule has 1 N–H and O–H groups in total. The van der Waals surface area contributed by atoms with E-state index in [0.29, 0.717) is 49.0 Å². The van der Waals surface area contributed by atoms with E-state index in [-0.39, 0.29) is 17.9 Å². The van der Waals surface area contributed by atoms with Crippen LogP contribution in [0, 0.1) is 0 Å². The van der Waals surface area contributed by atoms with E-state index < -0.39 is 12.7 Å². The van der Waals surface area contributed by atoms with Crippen LogP contribution in [0.5, 0.6) is 6.01 Å². The van der Waals surface area contributed by atoms with Crippen LogP contribution in [-0.4, -0.2) is 99.3 Å². The third kappa shape index (κ3) is 5.53. The van der Waals surface area contributed by atoms with Gasteiger partial charge < -0.3 is 19.7 Å². The molecule has 12 nitrogen and oxygen atoms in total. The SMILES string of the molecule is CN1CCC(Oc2ncc(NC3=NC(n4c(C(F)F)nc5ccccc54)N(N4CCOCC4)C=N3)cn2)CC1. The van der Waals surface area contributed by atoms with E-state index in [2.05, 4.69) is 37.2 Å². The van der Waals surface area contributed by atoms with E-state index in [9.17, 15) is 8.78 Å². The molecule has 0 bridgehead atoms. The molecule has 3 aliphatic rings. The molecule has 0 spiro atoms. The number of benzene rings is 1. The lowest BCUT2D eigenvalue weighted by Crippen LogP contribution is -2.52. The van der Waals surface area contributed by atoms with E-state index >= 15 is 0 Å². The summed E-state index contributed by atoms with van der Waals surface area (Å²) in [7, 11) is 2.10. The molecule has 6 rings (SSSR count). The molecule has 5 heterocycles. The van der Waals surface area contributed by atoms with Gasteiger partial charge in [0.25, 0.3) is 6.43 Å². The van der Waals surface area contributed by atoms with Gasteiger partial charge in [0, 0.05) is 26.2 Å². The molecule has 0 amide bonds. The first kappa shape index (κ1) is 25.5. The van der Waals surface area contributed by atoms with Crippen LogP contribution in [0.3, 0.4) is 0 Å². The fourth-order valence-corrected chi connectivity index (χ4v) is 4.90. The maximum Gasteiger partial charge on any atom is 0.316 e. The van der Waals surface area contributed by atoms with Crippen molar-refractivity contribution >= 4 is 29.0 Å². The zero-order chi connectivity index (χ0) is 26.8. The number of anilines is 1. The van der Waals surface area contributed by atoms with Gasteiger partial charge in [0.2, 0.25) is 12.2 Å². The molecule has 2 fully saturated rings. The summed E-state index contributed by atoms with van der Waals surface area (Å²) >= 11 is 0. The lowest BCUT2D eigenvalue weighted by atomic mass is 10.1. The van der Waals surface area contributed by atoms with Crippen LogP contribution in [0.25, 0.3) is 11.0 Å². The quantitative estimate of drug-likeness (QED) is 0.505. The highest BCUT2D eigenvalue weighted by molar-refractivity contribution is 5.99. The Hall–Kier alpha value is -3.75. The fourth-order valence-electron chi connectivity index (χ4n) is 4.90. The number of piperidine rings is 1. The molecule has 3 aromatic rings. The molecule has 39 heavy (non-hydrogen) atoms. The number of imidazole rings is 1. The summed E-state index contributed by atoms with van der Waals surface area (Å²) < 4.78 is 41.3. The number of alkyl halides is 2. The first-order valence-electron chi connectivity index (χ1n) is 13.0. The zero-order valence-electron chi connectivity index (χ0n) is 21.5. The largest absolute Gasteiger partial charge is 0.460 e. The molecule has 1 aromatic carbocycles. The van der Waals surface area contributed by atoms with Gasteiger partial charge in [0.1, 0.15) is 12.4 Å². The predicted molar refractivity (Wildman–Crippen MR) is 141 cm³/mol. The standard InChI is InChI=1S/C25H30F2N10O2/c1-34-8-6-18(7-9-34)39-24-28-14-17(15-29-24)31-23-30-16-36(35-10-12-38-13-11-35)25(33-23)37-20-5-3-2-4-19(20)32-22(37)21(26)27/h2-5,14-16,18,21,25H,6-13H2,1H3,(H,31,33). The van der Waals surface area contributed by atoms with Crippen molar-refractivity contribution < 1.29 is 18.3 Å². The second kappa shape index (κ2) is 11.2. The molecule has 3 aliphatic heterocycles. The number of likely N-dealkylation sites (tertiary alicyclic amines) is 1. The number of nitrogens with zero attached hydrogens (tertiary/aromatic N) is 9. The Balaban J connectivity index is 1.26. The van der Waals surface area contributed by atoms with Crippen LogP contribution in [0.4, 0.5) is 14.5 Å². The van der Waals surface area contributed by atoms with E-state index in [4.69, 9.17) is 14.5 Å². The van der Waals surface area contributed by atoms with Crippen molar-refractivity contribution in [2.24, 2.45) is 9.98 Å². The van der Waals surface area contributed by atoms with Crippen LogP contribution in [-0.2, 0) is 4.74 Å². The monoisotopic (exact) mass is 540 g/mol. The molecule has 14 heteroatoms. The number of hydrogen-bond acceptors (Lipinski definition) is 11. The average Bonchev–Trinajstić information content (AvgIpc) is 3.36. The number of para-hydroxylation sites is 2. The number of hydrogen-bond donors (Lipinski definition) is 1. The Bertz CT molecular complexity index is 1330. The topological polar surface area (TPSA) is 109 Å². The number of guanidine groups is 1. The number of morpholine rings is 1. The van der Waals surface area contributed by atoms with Crippen molar-refractivity contribution in [1.82, 2.24) is 34.4 Å². The summed E-state index contributed by atoms with van der Waals surface area (Å²) in [5.41, 5.74) is 1.56. The number of fused-ring (bicyclic) bond motifs is 1. The second-order valence-electron chi connectivity index (χ2n) is 9.62. The summed E-state index contributed by atoms with van der Waals surface area (Å²) in [6.45, 7) is 4.13. The predicted octanol–water partition coefficient (Wildman–Crippen LogP) is 2.75. The van der Waals surface area contributed by atoms with Gasteiger partial charge in [-0.15, -0.1) is 0 Å². The average molecular weight is 541 g/mol. The number of hydrazine groups is 1. The van der Waals surface area contributed by atoms with Gasteiger partial charge >= 0.3 is 6.01 Å². The number of aliphatic imine (C=N–C) groups is 2. The van der Waals surface area contributed by atoms with Crippen LogP contribution in [0.1, 0.15) is 31.4 Å². The molecular formula is C25H30F2N10O2. The smallest absolute Gasteiger partial charge is 0.316 e. The Labute approximate surface area is 223 Å². The van der Waals surface area contributed by atoms with Crippen molar-refractivity contribution in [3.63, 3.8) is 0 Å². The molecule has 0 radical (unpaired) electrons. The first-order valence-corrected chi connectivity index (χ1v) is 13.0. The number of aromatic nitrogens is 4. The Morgan fingerprint density at radius 1 is 1.05 bits per heavy atom. The van der Waals surface area contributed by atoms with E-state index in [0.717, 1.165) is 25.9 Å². The van der Waals surface area contributed by atoms with Crippen molar-refractivity contribution in [1.29, 1.82) is 0 Å². The second-order valence-corrected chi connectivity index (χ2v) is 9.62. The molecule has 0 saturated carbocycles. The number of ether oxygens (including phenoxy) is 2. The van der Waals surface area contributed by atoms with Gasteiger partial charge in [-0.2, -0.15) is 0 Å². The van der Waals surface area contributed by atoms with Gasteiger partial charge in [0.15, 0.2) is 5.82 Å². The molecule has 2 saturated heterocycles. The van der Waals surface area contributed by atoms with Crippen molar-refractivity contribution in [3.8, 4) is 6.01 Å². The van der Waals surface area contributed by atoms with Crippen LogP contribution < -0.4 is 10.1 Å². The minimum atomic E-state index is -2.79. The molecule has 2 aromatic heterocycles. The molecule has 1 unspecified atom stereocenters. The van der Waals surface area contributed by atoms with E-state index in [1.807, 2.05) is 5.01 Å². The third-order valence-corrected chi connectivity index (χ3v) is 6.96. The zero-order valence-corrected chi connectivity index (χ0v) is 21.5. The van der Waals surface area contributed by atoms with E-state index in [1.165, 1.54) is 4.57 Å². The highest BCUT2D eigenvalue weighted by atomic mass is 19.3. The molecular weight excluding hydrogens is 510 g/mol. The molecule has 0 aliphatic carbocycles. The van der Waals surface area contributed by atoms with Crippen molar-refractivity contribution in [2.75, 3.05) is 51.8 Å². The summed E-state index contributed by atoms with van der Waals surface area (Å²) in [4.78, 5) is 24.3. The van der Waals surface area contributed by atoms with Crippen LogP contribution >= 0.6 is 0 Å². The van der Waals surface area contributed by atoms with Gasteiger partial charge in [-0.3, -0.25) is 9.58 Å². The molecule has 206 valence electrons. The fraction of sp³-hybridized carbons (Fsp3) is 0.480. The Morgan fingerprint density at radius 3 is 2.54 bits per heavy atom.